The maximum atomic E-state index is 9.24. The van der Waals surface area contributed by atoms with E-state index in [0.29, 0.717) is 4.47 Å². The number of H-pyrrole nitrogens is 1. The zero-order valence-electron chi connectivity index (χ0n) is 5.50. The van der Waals surface area contributed by atoms with Crippen molar-refractivity contribution in [2.24, 2.45) is 0 Å². The molecule has 0 radical (unpaired) electrons. The number of halogens is 1. The number of phenolic OH excluding ortho intramolecular Hbond substituents is 1. The summed E-state index contributed by atoms with van der Waals surface area (Å²) in [4.78, 5) is 0. The van der Waals surface area contributed by atoms with Gasteiger partial charge in [0.05, 0.1) is 16.2 Å². The molecule has 0 fully saturated rings. The van der Waals surface area contributed by atoms with E-state index < -0.39 is 0 Å². The first-order valence-electron chi connectivity index (χ1n) is 3.09. The molecule has 1 aromatic carbocycles. The lowest BCUT2D eigenvalue weighted by Crippen LogP contribution is -1.72. The van der Waals surface area contributed by atoms with Gasteiger partial charge in [0, 0.05) is 5.39 Å². The highest BCUT2D eigenvalue weighted by Gasteiger charge is 2.03. The molecule has 0 atom stereocenters. The lowest BCUT2D eigenvalue weighted by Gasteiger charge is -1.95. The van der Waals surface area contributed by atoms with E-state index in [1.54, 1.807) is 18.3 Å². The summed E-state index contributed by atoms with van der Waals surface area (Å²) in [7, 11) is 0. The number of aromatic amines is 1. The molecule has 4 heteroatoms. The number of aromatic nitrogens is 2. The standard InChI is InChI=1S/C7H5BrN2O/c8-6-5(11)2-1-4-3-9-10-7(4)6/h1-3,11H,(H,9,10). The van der Waals surface area contributed by atoms with Crippen LogP contribution in [0.4, 0.5) is 0 Å². The summed E-state index contributed by atoms with van der Waals surface area (Å²) in [6.07, 6.45) is 1.71. The Morgan fingerprint density at radius 3 is 3.09 bits per heavy atom. The molecular formula is C7H5BrN2O. The largest absolute Gasteiger partial charge is 0.507 e. The van der Waals surface area contributed by atoms with Crippen LogP contribution in [0.3, 0.4) is 0 Å². The van der Waals surface area contributed by atoms with Crippen molar-refractivity contribution in [2.45, 2.75) is 0 Å². The van der Waals surface area contributed by atoms with Gasteiger partial charge in [-0.25, -0.2) is 0 Å². The molecule has 0 saturated heterocycles. The van der Waals surface area contributed by atoms with Crippen LogP contribution in [-0.2, 0) is 0 Å². The average Bonchev–Trinajstić information content (AvgIpc) is 2.45. The van der Waals surface area contributed by atoms with Crippen LogP contribution in [-0.4, -0.2) is 15.3 Å². The van der Waals surface area contributed by atoms with Crippen LogP contribution in [0.5, 0.6) is 5.75 Å². The predicted molar refractivity (Wildman–Crippen MR) is 45.5 cm³/mol. The number of nitrogens with zero attached hydrogens (tertiary/aromatic N) is 1. The van der Waals surface area contributed by atoms with Gasteiger partial charge in [-0.1, -0.05) is 0 Å². The van der Waals surface area contributed by atoms with Crippen molar-refractivity contribution in [3.8, 4) is 5.75 Å². The summed E-state index contributed by atoms with van der Waals surface area (Å²) in [5, 5.41) is 16.8. The molecule has 2 aromatic rings. The SMILES string of the molecule is Oc1ccc2cn[nH]c2c1Br. The summed E-state index contributed by atoms with van der Waals surface area (Å²) >= 11 is 3.24. The van der Waals surface area contributed by atoms with Crippen LogP contribution in [0, 0.1) is 0 Å². The van der Waals surface area contributed by atoms with Crippen molar-refractivity contribution in [2.75, 3.05) is 0 Å². The molecule has 0 bridgehead atoms. The van der Waals surface area contributed by atoms with E-state index in [-0.39, 0.29) is 5.75 Å². The van der Waals surface area contributed by atoms with E-state index in [4.69, 9.17) is 0 Å². The fraction of sp³-hybridized carbons (Fsp3) is 0. The average molecular weight is 213 g/mol. The van der Waals surface area contributed by atoms with Crippen molar-refractivity contribution in [1.82, 2.24) is 10.2 Å². The van der Waals surface area contributed by atoms with E-state index in [9.17, 15) is 5.11 Å². The van der Waals surface area contributed by atoms with E-state index >= 15 is 0 Å². The molecule has 3 nitrogen and oxygen atoms in total. The number of nitrogens with one attached hydrogen (secondary N) is 1. The van der Waals surface area contributed by atoms with Crippen LogP contribution in [0.25, 0.3) is 10.9 Å². The summed E-state index contributed by atoms with van der Waals surface area (Å²) < 4.78 is 0.660. The Kier molecular flexibility index (Phi) is 1.35. The second kappa shape index (κ2) is 2.23. The van der Waals surface area contributed by atoms with Crippen molar-refractivity contribution in [3.05, 3.63) is 22.8 Å². The minimum Gasteiger partial charge on any atom is -0.507 e. The topological polar surface area (TPSA) is 48.9 Å². The fourth-order valence-corrected chi connectivity index (χ4v) is 1.42. The number of rotatable bonds is 0. The normalized spacial score (nSPS) is 10.6. The number of fused-ring (bicyclic) bond motifs is 1. The Bertz CT molecular complexity index is 396. The second-order valence-electron chi connectivity index (χ2n) is 2.23. The van der Waals surface area contributed by atoms with Crippen LogP contribution in [0.15, 0.2) is 22.8 Å². The summed E-state index contributed by atoms with van der Waals surface area (Å²) in [6, 6.07) is 3.43. The molecule has 0 saturated carbocycles. The fourth-order valence-electron chi connectivity index (χ4n) is 0.968. The monoisotopic (exact) mass is 212 g/mol. The number of hydrogen-bond donors (Lipinski definition) is 2. The second-order valence-corrected chi connectivity index (χ2v) is 3.03. The van der Waals surface area contributed by atoms with Gasteiger partial charge in [-0.15, -0.1) is 0 Å². The lowest BCUT2D eigenvalue weighted by molar-refractivity contribution is 0.473. The van der Waals surface area contributed by atoms with Crippen LogP contribution in [0.2, 0.25) is 0 Å². The molecular weight excluding hydrogens is 208 g/mol. The van der Waals surface area contributed by atoms with Gasteiger partial charge in [-0.3, -0.25) is 5.10 Å². The Hall–Kier alpha value is -1.03. The van der Waals surface area contributed by atoms with E-state index in [2.05, 4.69) is 26.1 Å². The highest BCUT2D eigenvalue weighted by Crippen LogP contribution is 2.30. The van der Waals surface area contributed by atoms with E-state index in [1.807, 2.05) is 0 Å². The molecule has 0 spiro atoms. The molecule has 0 unspecified atom stereocenters. The van der Waals surface area contributed by atoms with Gasteiger partial charge >= 0.3 is 0 Å². The highest BCUT2D eigenvalue weighted by atomic mass is 79.9. The smallest absolute Gasteiger partial charge is 0.131 e. The molecule has 0 aliphatic rings. The Labute approximate surface area is 71.2 Å². The number of benzene rings is 1. The molecule has 1 aromatic heterocycles. The summed E-state index contributed by atoms with van der Waals surface area (Å²) in [5.41, 5.74) is 0.824. The van der Waals surface area contributed by atoms with Gasteiger partial charge < -0.3 is 5.11 Å². The number of phenols is 1. The van der Waals surface area contributed by atoms with Crippen LogP contribution < -0.4 is 0 Å². The van der Waals surface area contributed by atoms with E-state index in [1.165, 1.54) is 0 Å². The third-order valence-corrected chi connectivity index (χ3v) is 2.34. The van der Waals surface area contributed by atoms with Crippen molar-refractivity contribution < 1.29 is 5.11 Å². The summed E-state index contributed by atoms with van der Waals surface area (Å²) in [5.74, 6) is 0.224. The number of aromatic hydroxyl groups is 1. The Morgan fingerprint density at radius 1 is 1.45 bits per heavy atom. The first kappa shape index (κ1) is 6.67. The van der Waals surface area contributed by atoms with Gasteiger partial charge in [-0.2, -0.15) is 5.10 Å². The van der Waals surface area contributed by atoms with Crippen LogP contribution in [0.1, 0.15) is 0 Å². The molecule has 0 aliphatic heterocycles. The van der Waals surface area contributed by atoms with Gasteiger partial charge in [0.15, 0.2) is 0 Å². The minimum atomic E-state index is 0.224. The summed E-state index contributed by atoms with van der Waals surface area (Å²) in [6.45, 7) is 0. The van der Waals surface area contributed by atoms with Crippen molar-refractivity contribution in [1.29, 1.82) is 0 Å². The zero-order chi connectivity index (χ0) is 7.84. The lowest BCUT2D eigenvalue weighted by atomic mass is 10.2. The first-order chi connectivity index (χ1) is 5.29. The van der Waals surface area contributed by atoms with E-state index in [0.717, 1.165) is 10.9 Å². The third kappa shape index (κ3) is 0.903. The minimum absolute atomic E-state index is 0.224. The third-order valence-electron chi connectivity index (χ3n) is 1.53. The Morgan fingerprint density at radius 2 is 2.27 bits per heavy atom. The highest BCUT2D eigenvalue weighted by molar-refractivity contribution is 9.10. The first-order valence-corrected chi connectivity index (χ1v) is 3.89. The molecule has 0 aliphatic carbocycles. The van der Waals surface area contributed by atoms with Gasteiger partial charge in [0.1, 0.15) is 5.75 Å². The van der Waals surface area contributed by atoms with Gasteiger partial charge in [0.25, 0.3) is 0 Å². The van der Waals surface area contributed by atoms with Crippen molar-refractivity contribution >= 4 is 26.8 Å². The maximum Gasteiger partial charge on any atom is 0.131 e. The molecule has 11 heavy (non-hydrogen) atoms. The molecule has 56 valence electrons. The molecule has 2 rings (SSSR count). The molecule has 2 N–H and O–H groups in total. The molecule has 1 heterocycles. The van der Waals surface area contributed by atoms with Crippen LogP contribution >= 0.6 is 15.9 Å². The number of hydrogen-bond acceptors (Lipinski definition) is 2. The maximum absolute atomic E-state index is 9.24. The van der Waals surface area contributed by atoms with Crippen molar-refractivity contribution in [3.63, 3.8) is 0 Å². The van der Waals surface area contributed by atoms with Gasteiger partial charge in [-0.05, 0) is 28.1 Å². The predicted octanol–water partition coefficient (Wildman–Crippen LogP) is 2.03. The molecule has 0 amide bonds. The quantitative estimate of drug-likeness (QED) is 0.703. The zero-order valence-corrected chi connectivity index (χ0v) is 7.09. The van der Waals surface area contributed by atoms with Gasteiger partial charge in [0.2, 0.25) is 0 Å². The Balaban J connectivity index is 2.93.